The average Bonchev–Trinajstić information content (AvgIpc) is 2.88. The summed E-state index contributed by atoms with van der Waals surface area (Å²) in [5.41, 5.74) is 5.51. The molecule has 2 aromatic carbocycles. The molecule has 0 saturated heterocycles. The van der Waals surface area contributed by atoms with Crippen molar-refractivity contribution in [3.8, 4) is 11.5 Å². The van der Waals surface area contributed by atoms with Gasteiger partial charge in [-0.2, -0.15) is 0 Å². The van der Waals surface area contributed by atoms with E-state index >= 15 is 0 Å². The Morgan fingerprint density at radius 2 is 1.44 bits per heavy atom. The molecule has 2 aromatic rings. The predicted octanol–water partition coefficient (Wildman–Crippen LogP) is 8.52. The maximum absolute atomic E-state index is 14.0. The number of allylic oxidation sites excluding steroid dienone is 4. The maximum Gasteiger partial charge on any atom is 0.162 e. The normalized spacial score (nSPS) is 20.2. The highest BCUT2D eigenvalue weighted by atomic mass is 79.9. The van der Waals surface area contributed by atoms with E-state index in [1.54, 1.807) is 0 Å². The Kier molecular flexibility index (Phi) is 8.26. The third kappa shape index (κ3) is 5.90. The molecule has 218 valence electrons. The zero-order chi connectivity index (χ0) is 29.5. The smallest absolute Gasteiger partial charge is 0.162 e. The van der Waals surface area contributed by atoms with Crippen LogP contribution in [-0.2, 0) is 16.2 Å². The molecule has 0 aromatic heterocycles. The number of hydrogen-bond acceptors (Lipinski definition) is 5. The SMILES string of the molecule is CCCN1C2=C(C(=O)CC(C)(C)C2)C(c2ccc(OCc3ccccc3Br)c(OCC)c2)C2=C1CC(C)(C)CC2=O. The molecule has 0 radical (unpaired) electrons. The Labute approximate surface area is 253 Å². The number of benzene rings is 2. The molecule has 0 saturated carbocycles. The van der Waals surface area contributed by atoms with Crippen LogP contribution in [-0.4, -0.2) is 29.6 Å². The molecule has 41 heavy (non-hydrogen) atoms. The lowest BCUT2D eigenvalue weighted by Gasteiger charge is -2.49. The van der Waals surface area contributed by atoms with E-state index in [0.717, 1.165) is 63.9 Å². The highest BCUT2D eigenvalue weighted by Crippen LogP contribution is 2.55. The van der Waals surface area contributed by atoms with Crippen LogP contribution in [0.15, 0.2) is 69.5 Å². The number of ketones is 2. The predicted molar refractivity (Wildman–Crippen MR) is 166 cm³/mol. The largest absolute Gasteiger partial charge is 0.490 e. The van der Waals surface area contributed by atoms with Gasteiger partial charge < -0.3 is 14.4 Å². The summed E-state index contributed by atoms with van der Waals surface area (Å²) in [5, 5.41) is 0. The number of carbonyl (C=O) groups is 2. The molecule has 0 amide bonds. The first-order chi connectivity index (χ1) is 19.4. The summed E-state index contributed by atoms with van der Waals surface area (Å²) in [5.74, 6) is 1.18. The Hall–Kier alpha value is -2.86. The van der Waals surface area contributed by atoms with Crippen LogP contribution in [0.5, 0.6) is 11.5 Å². The van der Waals surface area contributed by atoms with Gasteiger partial charge in [-0.25, -0.2) is 0 Å². The van der Waals surface area contributed by atoms with Gasteiger partial charge in [0.2, 0.25) is 0 Å². The van der Waals surface area contributed by atoms with Crippen molar-refractivity contribution in [1.29, 1.82) is 0 Å². The van der Waals surface area contributed by atoms with Gasteiger partial charge in [0.15, 0.2) is 23.1 Å². The fraction of sp³-hybridized carbons (Fsp3) is 0.486. The van der Waals surface area contributed by atoms with Crippen molar-refractivity contribution in [2.75, 3.05) is 13.2 Å². The second-order valence-corrected chi connectivity index (χ2v) is 14.1. The Morgan fingerprint density at radius 3 is 2.00 bits per heavy atom. The first-order valence-electron chi connectivity index (χ1n) is 14.9. The van der Waals surface area contributed by atoms with E-state index in [9.17, 15) is 9.59 Å². The first kappa shape index (κ1) is 29.6. The molecule has 0 bridgehead atoms. The summed E-state index contributed by atoms with van der Waals surface area (Å²) < 4.78 is 13.3. The summed E-state index contributed by atoms with van der Waals surface area (Å²) >= 11 is 3.60. The Morgan fingerprint density at radius 1 is 0.829 bits per heavy atom. The number of halogens is 1. The molecule has 1 aliphatic heterocycles. The van der Waals surface area contributed by atoms with Crippen LogP contribution < -0.4 is 9.47 Å². The van der Waals surface area contributed by atoms with E-state index in [4.69, 9.17) is 9.47 Å². The van der Waals surface area contributed by atoms with E-state index < -0.39 is 5.92 Å². The number of ether oxygens (including phenoxy) is 2. The molecule has 1 heterocycles. The molecular formula is C35H42BrNO4. The van der Waals surface area contributed by atoms with Crippen molar-refractivity contribution < 1.29 is 19.1 Å². The van der Waals surface area contributed by atoms with Gasteiger partial charge in [-0.15, -0.1) is 0 Å². The number of carbonyl (C=O) groups excluding carboxylic acids is 2. The lowest BCUT2D eigenvalue weighted by atomic mass is 9.63. The van der Waals surface area contributed by atoms with Crippen molar-refractivity contribution in [3.63, 3.8) is 0 Å². The second kappa shape index (κ2) is 11.4. The lowest BCUT2D eigenvalue weighted by molar-refractivity contribution is -0.119. The third-order valence-corrected chi connectivity index (χ3v) is 9.18. The van der Waals surface area contributed by atoms with Gasteiger partial charge in [0.25, 0.3) is 0 Å². The number of hydrogen-bond donors (Lipinski definition) is 0. The minimum absolute atomic E-state index is 0.126. The Balaban J connectivity index is 1.63. The fourth-order valence-electron chi connectivity index (χ4n) is 6.74. The highest BCUT2D eigenvalue weighted by molar-refractivity contribution is 9.10. The second-order valence-electron chi connectivity index (χ2n) is 13.2. The van der Waals surface area contributed by atoms with Crippen LogP contribution in [0.1, 0.15) is 90.7 Å². The van der Waals surface area contributed by atoms with Crippen molar-refractivity contribution in [1.82, 2.24) is 4.90 Å². The zero-order valence-corrected chi connectivity index (χ0v) is 26.8. The van der Waals surface area contributed by atoms with Crippen molar-refractivity contribution >= 4 is 27.5 Å². The molecule has 5 nitrogen and oxygen atoms in total. The molecule has 0 fully saturated rings. The molecule has 6 heteroatoms. The van der Waals surface area contributed by atoms with E-state index in [0.29, 0.717) is 37.6 Å². The van der Waals surface area contributed by atoms with Crippen molar-refractivity contribution in [2.24, 2.45) is 10.8 Å². The topological polar surface area (TPSA) is 55.8 Å². The van der Waals surface area contributed by atoms with Gasteiger partial charge in [-0.05, 0) is 60.8 Å². The number of nitrogens with zero attached hydrogens (tertiary/aromatic N) is 1. The molecule has 3 aliphatic rings. The quantitative estimate of drug-likeness (QED) is 0.296. The van der Waals surface area contributed by atoms with Crippen LogP contribution >= 0.6 is 15.9 Å². The van der Waals surface area contributed by atoms with Crippen LogP contribution in [0.4, 0.5) is 0 Å². The van der Waals surface area contributed by atoms with Crippen LogP contribution in [0.25, 0.3) is 0 Å². The lowest BCUT2D eigenvalue weighted by Crippen LogP contribution is -2.44. The number of Topliss-reactive ketones (excluding diaryl/α,β-unsaturated/α-hetero) is 2. The van der Waals surface area contributed by atoms with Gasteiger partial charge in [0.1, 0.15) is 6.61 Å². The summed E-state index contributed by atoms with van der Waals surface area (Å²) in [7, 11) is 0. The minimum atomic E-state index is -0.392. The van der Waals surface area contributed by atoms with Gasteiger partial charge in [-0.1, -0.05) is 74.8 Å². The van der Waals surface area contributed by atoms with Crippen LogP contribution in [0.2, 0.25) is 0 Å². The van der Waals surface area contributed by atoms with E-state index in [1.165, 1.54) is 0 Å². The molecular weight excluding hydrogens is 578 g/mol. The molecule has 0 N–H and O–H groups in total. The highest BCUT2D eigenvalue weighted by Gasteiger charge is 2.48. The van der Waals surface area contributed by atoms with Crippen molar-refractivity contribution in [3.05, 3.63) is 80.6 Å². The maximum atomic E-state index is 14.0. The van der Waals surface area contributed by atoms with Crippen LogP contribution in [0.3, 0.4) is 0 Å². The fourth-order valence-corrected chi connectivity index (χ4v) is 7.14. The summed E-state index contributed by atoms with van der Waals surface area (Å²) in [6.07, 6.45) is 3.55. The average molecular weight is 621 g/mol. The van der Waals surface area contributed by atoms with Crippen molar-refractivity contribution in [2.45, 2.75) is 86.2 Å². The van der Waals surface area contributed by atoms with Gasteiger partial charge >= 0.3 is 0 Å². The van der Waals surface area contributed by atoms with E-state index in [1.807, 2.05) is 49.4 Å². The first-order valence-corrected chi connectivity index (χ1v) is 15.7. The Bertz CT molecular complexity index is 1380. The van der Waals surface area contributed by atoms with Gasteiger partial charge in [0, 0.05) is 57.9 Å². The summed E-state index contributed by atoms with van der Waals surface area (Å²) in [4.78, 5) is 30.3. The monoisotopic (exact) mass is 619 g/mol. The molecule has 0 unspecified atom stereocenters. The van der Waals surface area contributed by atoms with Gasteiger partial charge in [-0.3, -0.25) is 9.59 Å². The van der Waals surface area contributed by atoms with E-state index in [-0.39, 0.29) is 22.4 Å². The molecule has 0 atom stereocenters. The standard InChI is InChI=1S/C35H42BrNO4/c1-7-15-37-25-17-34(3,4)19-27(38)32(25)31(33-26(37)18-35(5,6)20-28(33)39)22-13-14-29(30(16-22)40-8-2)41-21-23-11-9-10-12-24(23)36/h9-14,16,31H,7-8,15,17-21H2,1-6H3. The molecule has 2 aliphatic carbocycles. The summed E-state index contributed by atoms with van der Waals surface area (Å²) in [6.45, 7) is 14.5. The number of rotatable bonds is 8. The summed E-state index contributed by atoms with van der Waals surface area (Å²) in [6, 6.07) is 13.9. The zero-order valence-electron chi connectivity index (χ0n) is 25.2. The molecule has 5 rings (SSSR count). The third-order valence-electron chi connectivity index (χ3n) is 8.41. The minimum Gasteiger partial charge on any atom is -0.490 e. The van der Waals surface area contributed by atoms with E-state index in [2.05, 4.69) is 55.4 Å². The van der Waals surface area contributed by atoms with Crippen LogP contribution in [0, 0.1) is 10.8 Å². The van der Waals surface area contributed by atoms with Gasteiger partial charge in [0.05, 0.1) is 6.61 Å². The molecule has 0 spiro atoms.